The number of nitrogens with zero attached hydrogens (tertiary/aromatic N) is 2. The summed E-state index contributed by atoms with van der Waals surface area (Å²) in [6.07, 6.45) is 0.624. The SMILES string of the molecule is FC(F)(F)Oc1ccc(CN2C=CN=CC2)cc1. The lowest BCUT2D eigenvalue weighted by molar-refractivity contribution is -0.274. The maximum atomic E-state index is 12.0. The van der Waals surface area contributed by atoms with E-state index in [0.29, 0.717) is 13.1 Å². The average Bonchev–Trinajstić information content (AvgIpc) is 2.31. The maximum absolute atomic E-state index is 12.0. The van der Waals surface area contributed by atoms with Crippen molar-refractivity contribution in [3.05, 3.63) is 42.2 Å². The summed E-state index contributed by atoms with van der Waals surface area (Å²) in [7, 11) is 0. The van der Waals surface area contributed by atoms with Gasteiger partial charge in [-0.1, -0.05) is 12.1 Å². The molecule has 0 atom stereocenters. The van der Waals surface area contributed by atoms with Crippen LogP contribution in [0.4, 0.5) is 13.2 Å². The van der Waals surface area contributed by atoms with Gasteiger partial charge in [0.2, 0.25) is 0 Å². The molecule has 0 unspecified atom stereocenters. The van der Waals surface area contributed by atoms with E-state index in [4.69, 9.17) is 0 Å². The summed E-state index contributed by atoms with van der Waals surface area (Å²) in [5.41, 5.74) is 0.907. The lowest BCUT2D eigenvalue weighted by Gasteiger charge is -2.19. The molecule has 0 N–H and O–H groups in total. The molecule has 1 aliphatic heterocycles. The van der Waals surface area contributed by atoms with Gasteiger partial charge in [0.25, 0.3) is 0 Å². The van der Waals surface area contributed by atoms with Crippen molar-refractivity contribution in [3.63, 3.8) is 0 Å². The third-order valence-corrected chi connectivity index (χ3v) is 2.33. The van der Waals surface area contributed by atoms with E-state index in [1.54, 1.807) is 24.5 Å². The molecule has 0 aromatic heterocycles. The second-order valence-electron chi connectivity index (χ2n) is 3.75. The van der Waals surface area contributed by atoms with Crippen LogP contribution in [-0.4, -0.2) is 24.0 Å². The molecule has 1 heterocycles. The predicted octanol–water partition coefficient (Wildman–Crippen LogP) is 2.94. The molecular weight excluding hydrogens is 245 g/mol. The van der Waals surface area contributed by atoms with Gasteiger partial charge in [-0.2, -0.15) is 0 Å². The van der Waals surface area contributed by atoms with Gasteiger partial charge in [0.1, 0.15) is 5.75 Å². The van der Waals surface area contributed by atoms with Crippen LogP contribution in [0, 0.1) is 0 Å². The monoisotopic (exact) mass is 256 g/mol. The molecule has 1 aromatic carbocycles. The predicted molar refractivity (Wildman–Crippen MR) is 61.2 cm³/mol. The molecule has 0 spiro atoms. The van der Waals surface area contributed by atoms with E-state index in [-0.39, 0.29) is 5.75 Å². The van der Waals surface area contributed by atoms with Gasteiger partial charge in [-0.15, -0.1) is 13.2 Å². The Morgan fingerprint density at radius 2 is 1.94 bits per heavy atom. The van der Waals surface area contributed by atoms with Crippen LogP contribution in [-0.2, 0) is 6.54 Å². The number of alkyl halides is 3. The number of hydrogen-bond acceptors (Lipinski definition) is 3. The largest absolute Gasteiger partial charge is 0.573 e. The Labute approximate surface area is 102 Å². The van der Waals surface area contributed by atoms with Gasteiger partial charge in [0.05, 0.1) is 6.54 Å². The molecule has 0 saturated heterocycles. The summed E-state index contributed by atoms with van der Waals surface area (Å²) < 4.78 is 39.7. The fourth-order valence-electron chi connectivity index (χ4n) is 1.55. The Bertz CT molecular complexity index is 451. The summed E-state index contributed by atoms with van der Waals surface area (Å²) in [6, 6.07) is 5.84. The van der Waals surface area contributed by atoms with E-state index in [9.17, 15) is 13.2 Å². The standard InChI is InChI=1S/C12H11F3N2O/c13-12(14,15)18-11-3-1-10(2-4-11)9-17-7-5-16-6-8-17/h1-7H,8-9H2. The minimum Gasteiger partial charge on any atom is -0.406 e. The Balaban J connectivity index is 1.95. The highest BCUT2D eigenvalue weighted by atomic mass is 19.4. The van der Waals surface area contributed by atoms with E-state index in [1.807, 2.05) is 11.1 Å². The van der Waals surface area contributed by atoms with Crippen LogP contribution in [0.3, 0.4) is 0 Å². The normalized spacial score (nSPS) is 14.9. The van der Waals surface area contributed by atoms with E-state index < -0.39 is 6.36 Å². The first kappa shape index (κ1) is 12.5. The van der Waals surface area contributed by atoms with Crippen molar-refractivity contribution in [2.75, 3.05) is 6.54 Å². The zero-order chi connectivity index (χ0) is 13.0. The van der Waals surface area contributed by atoms with Crippen molar-refractivity contribution in [1.29, 1.82) is 0 Å². The van der Waals surface area contributed by atoms with Crippen LogP contribution >= 0.6 is 0 Å². The van der Waals surface area contributed by atoms with E-state index in [0.717, 1.165) is 5.56 Å². The molecule has 18 heavy (non-hydrogen) atoms. The van der Waals surface area contributed by atoms with Crippen LogP contribution in [0.25, 0.3) is 0 Å². The zero-order valence-electron chi connectivity index (χ0n) is 9.39. The molecule has 6 heteroatoms. The molecule has 0 radical (unpaired) electrons. The molecule has 96 valence electrons. The molecule has 1 aliphatic rings. The molecule has 0 saturated carbocycles. The highest BCUT2D eigenvalue weighted by Gasteiger charge is 2.30. The number of benzene rings is 1. The van der Waals surface area contributed by atoms with E-state index in [1.165, 1.54) is 12.1 Å². The van der Waals surface area contributed by atoms with Crippen LogP contribution in [0.2, 0.25) is 0 Å². The van der Waals surface area contributed by atoms with E-state index in [2.05, 4.69) is 9.73 Å². The molecular formula is C12H11F3N2O. The van der Waals surface area contributed by atoms with Crippen molar-refractivity contribution < 1.29 is 17.9 Å². The first-order chi connectivity index (χ1) is 8.53. The van der Waals surface area contributed by atoms with Gasteiger partial charge in [-0.3, -0.25) is 4.99 Å². The molecule has 1 aromatic rings. The number of halogens is 3. The van der Waals surface area contributed by atoms with E-state index >= 15 is 0 Å². The third kappa shape index (κ3) is 3.80. The van der Waals surface area contributed by atoms with Gasteiger partial charge >= 0.3 is 6.36 Å². The molecule has 0 amide bonds. The van der Waals surface area contributed by atoms with Gasteiger partial charge in [0.15, 0.2) is 0 Å². The van der Waals surface area contributed by atoms with Gasteiger partial charge < -0.3 is 9.64 Å². The number of rotatable bonds is 3. The average molecular weight is 256 g/mol. The molecule has 0 aliphatic carbocycles. The van der Waals surface area contributed by atoms with Gasteiger partial charge in [-0.05, 0) is 17.7 Å². The van der Waals surface area contributed by atoms with Crippen LogP contribution in [0.15, 0.2) is 41.7 Å². The first-order valence-corrected chi connectivity index (χ1v) is 5.30. The first-order valence-electron chi connectivity index (χ1n) is 5.30. The van der Waals surface area contributed by atoms with Crippen LogP contribution in [0.5, 0.6) is 5.75 Å². The van der Waals surface area contributed by atoms with Gasteiger partial charge in [0, 0.05) is 25.2 Å². The second kappa shape index (κ2) is 5.12. The van der Waals surface area contributed by atoms with Crippen LogP contribution in [0.1, 0.15) is 5.56 Å². The molecule has 0 fully saturated rings. The third-order valence-electron chi connectivity index (χ3n) is 2.33. The topological polar surface area (TPSA) is 24.8 Å². The highest BCUT2D eigenvalue weighted by Crippen LogP contribution is 2.23. The lowest BCUT2D eigenvalue weighted by Crippen LogP contribution is -2.20. The number of hydrogen-bond donors (Lipinski definition) is 0. The Morgan fingerprint density at radius 3 is 2.50 bits per heavy atom. The molecule has 0 bridgehead atoms. The van der Waals surface area contributed by atoms with Crippen molar-refractivity contribution in [2.24, 2.45) is 4.99 Å². The molecule has 2 rings (SSSR count). The van der Waals surface area contributed by atoms with Crippen molar-refractivity contribution >= 4 is 6.21 Å². The summed E-state index contributed by atoms with van der Waals surface area (Å²) in [4.78, 5) is 5.92. The summed E-state index contributed by atoms with van der Waals surface area (Å²) in [5, 5.41) is 0. The van der Waals surface area contributed by atoms with Crippen molar-refractivity contribution in [1.82, 2.24) is 4.90 Å². The minimum atomic E-state index is -4.65. The zero-order valence-corrected chi connectivity index (χ0v) is 9.39. The Morgan fingerprint density at radius 1 is 1.22 bits per heavy atom. The van der Waals surface area contributed by atoms with Crippen LogP contribution < -0.4 is 4.74 Å². The maximum Gasteiger partial charge on any atom is 0.573 e. The molecule has 3 nitrogen and oxygen atoms in total. The quantitative estimate of drug-likeness (QED) is 0.830. The fourth-order valence-corrected chi connectivity index (χ4v) is 1.55. The fraction of sp³-hybridized carbons (Fsp3) is 0.250. The minimum absolute atomic E-state index is 0.206. The smallest absolute Gasteiger partial charge is 0.406 e. The number of aliphatic imine (C=N–C) groups is 1. The summed E-state index contributed by atoms with van der Waals surface area (Å²) >= 11 is 0. The lowest BCUT2D eigenvalue weighted by atomic mass is 10.2. The van der Waals surface area contributed by atoms with Gasteiger partial charge in [-0.25, -0.2) is 0 Å². The summed E-state index contributed by atoms with van der Waals surface area (Å²) in [6.45, 7) is 1.31. The van der Waals surface area contributed by atoms with Crippen molar-refractivity contribution in [3.8, 4) is 5.75 Å². The summed E-state index contributed by atoms with van der Waals surface area (Å²) in [5.74, 6) is -0.206. The Hall–Kier alpha value is -1.98. The highest BCUT2D eigenvalue weighted by molar-refractivity contribution is 5.61. The number of ether oxygens (including phenoxy) is 1. The van der Waals surface area contributed by atoms with Crippen molar-refractivity contribution in [2.45, 2.75) is 12.9 Å². The second-order valence-corrected chi connectivity index (χ2v) is 3.75. The Kier molecular flexibility index (Phi) is 3.55.